The summed E-state index contributed by atoms with van der Waals surface area (Å²) in [5.74, 6) is -0.274. The Balaban J connectivity index is 2.45. The van der Waals surface area contributed by atoms with Crippen molar-refractivity contribution in [2.45, 2.75) is 13.5 Å². The van der Waals surface area contributed by atoms with Gasteiger partial charge < -0.3 is 0 Å². The van der Waals surface area contributed by atoms with Crippen LogP contribution in [0.5, 0.6) is 0 Å². The molecule has 0 radical (unpaired) electrons. The number of nitrogens with zero attached hydrogens (tertiary/aromatic N) is 4. The van der Waals surface area contributed by atoms with E-state index in [1.807, 2.05) is 6.92 Å². The molecule has 0 bridgehead atoms. The summed E-state index contributed by atoms with van der Waals surface area (Å²) in [7, 11) is 0. The van der Waals surface area contributed by atoms with Gasteiger partial charge in [0.1, 0.15) is 5.69 Å². The molecule has 2 heterocycles. The smallest absolute Gasteiger partial charge is 0.265 e. The highest BCUT2D eigenvalue weighted by atomic mass is 35.5. The molecule has 15 heavy (non-hydrogen) atoms. The molecule has 2 rings (SSSR count). The first-order valence-corrected chi connectivity index (χ1v) is 4.87. The van der Waals surface area contributed by atoms with Gasteiger partial charge in [-0.05, 0) is 13.0 Å². The van der Waals surface area contributed by atoms with Gasteiger partial charge in [-0.25, -0.2) is 4.68 Å². The molecule has 0 spiro atoms. The van der Waals surface area contributed by atoms with Crippen LogP contribution in [0.25, 0.3) is 0 Å². The highest BCUT2D eigenvalue weighted by Gasteiger charge is 2.18. The molecule has 0 N–H and O–H groups in total. The number of hydrogen-bond acceptors (Lipinski definition) is 3. The Bertz CT molecular complexity index is 474. The summed E-state index contributed by atoms with van der Waals surface area (Å²) in [6, 6.07) is 1.68. The summed E-state index contributed by atoms with van der Waals surface area (Å²) in [6.07, 6.45) is 4.58. The van der Waals surface area contributed by atoms with Crippen molar-refractivity contribution in [1.29, 1.82) is 0 Å². The quantitative estimate of drug-likeness (QED) is 0.776. The van der Waals surface area contributed by atoms with Crippen LogP contribution in [0.4, 0.5) is 0 Å². The molecule has 0 amide bonds. The van der Waals surface area contributed by atoms with E-state index in [0.717, 1.165) is 0 Å². The zero-order valence-corrected chi connectivity index (χ0v) is 8.85. The fourth-order valence-electron chi connectivity index (χ4n) is 1.31. The molecule has 0 saturated heterocycles. The first-order valence-electron chi connectivity index (χ1n) is 4.49. The van der Waals surface area contributed by atoms with Gasteiger partial charge in [0.05, 0.1) is 11.2 Å². The lowest BCUT2D eigenvalue weighted by molar-refractivity contribution is 0.0934. The maximum absolute atomic E-state index is 11.9. The predicted molar refractivity (Wildman–Crippen MR) is 54.9 cm³/mol. The zero-order chi connectivity index (χ0) is 10.8. The van der Waals surface area contributed by atoms with E-state index in [0.29, 0.717) is 17.3 Å². The zero-order valence-electron chi connectivity index (χ0n) is 8.09. The van der Waals surface area contributed by atoms with Gasteiger partial charge in [-0.3, -0.25) is 9.48 Å². The minimum atomic E-state index is -0.274. The van der Waals surface area contributed by atoms with Crippen molar-refractivity contribution in [3.05, 3.63) is 35.4 Å². The predicted octanol–water partition coefficient (Wildman–Crippen LogP) is 1.44. The molecule has 0 aliphatic heterocycles. The SMILES string of the molecule is CCn1ncc(Cl)c1C(=O)n1cccn1. The summed E-state index contributed by atoms with van der Waals surface area (Å²) in [4.78, 5) is 11.9. The van der Waals surface area contributed by atoms with E-state index in [1.54, 1.807) is 23.1 Å². The van der Waals surface area contributed by atoms with Crippen LogP contribution in [0.15, 0.2) is 24.7 Å². The number of hydrogen-bond donors (Lipinski definition) is 0. The van der Waals surface area contributed by atoms with Crippen LogP contribution in [-0.2, 0) is 6.54 Å². The Labute approximate surface area is 91.3 Å². The van der Waals surface area contributed by atoms with E-state index in [4.69, 9.17) is 11.6 Å². The molecule has 0 aliphatic carbocycles. The molecule has 0 aromatic carbocycles. The van der Waals surface area contributed by atoms with Gasteiger partial charge in [-0.15, -0.1) is 0 Å². The molecule has 0 unspecified atom stereocenters. The number of halogens is 1. The van der Waals surface area contributed by atoms with Crippen LogP contribution in [0.2, 0.25) is 5.02 Å². The Morgan fingerprint density at radius 3 is 2.93 bits per heavy atom. The standard InChI is InChI=1S/C9H9ClN4O/c1-2-13-8(7(10)6-12-13)9(15)14-5-3-4-11-14/h3-6H,2H2,1H3. The van der Waals surface area contributed by atoms with Gasteiger partial charge in [0, 0.05) is 18.9 Å². The van der Waals surface area contributed by atoms with E-state index in [2.05, 4.69) is 10.2 Å². The Hall–Kier alpha value is -1.62. The van der Waals surface area contributed by atoms with Crippen LogP contribution in [0.1, 0.15) is 17.4 Å². The highest BCUT2D eigenvalue weighted by molar-refractivity contribution is 6.33. The fraction of sp³-hybridized carbons (Fsp3) is 0.222. The van der Waals surface area contributed by atoms with Crippen LogP contribution < -0.4 is 0 Å². The van der Waals surface area contributed by atoms with Crippen LogP contribution in [0.3, 0.4) is 0 Å². The van der Waals surface area contributed by atoms with E-state index in [-0.39, 0.29) is 5.91 Å². The lowest BCUT2D eigenvalue weighted by atomic mass is 10.4. The van der Waals surface area contributed by atoms with Crippen molar-refractivity contribution in [2.75, 3.05) is 0 Å². The average Bonchev–Trinajstić information content (AvgIpc) is 2.85. The second-order valence-corrected chi connectivity index (χ2v) is 3.32. The van der Waals surface area contributed by atoms with Crippen molar-refractivity contribution < 1.29 is 4.79 Å². The van der Waals surface area contributed by atoms with Crippen molar-refractivity contribution in [1.82, 2.24) is 19.6 Å². The number of aromatic nitrogens is 4. The molecule has 5 nitrogen and oxygen atoms in total. The van der Waals surface area contributed by atoms with Crippen LogP contribution in [0, 0.1) is 0 Å². The second kappa shape index (κ2) is 3.86. The lowest BCUT2D eigenvalue weighted by Crippen LogP contribution is -2.18. The maximum atomic E-state index is 11.9. The lowest BCUT2D eigenvalue weighted by Gasteiger charge is -2.03. The molecule has 0 atom stereocenters. The fourth-order valence-corrected chi connectivity index (χ4v) is 1.53. The molecule has 0 saturated carbocycles. The van der Waals surface area contributed by atoms with E-state index in [1.165, 1.54) is 10.9 Å². The maximum Gasteiger partial charge on any atom is 0.297 e. The molecule has 6 heteroatoms. The second-order valence-electron chi connectivity index (χ2n) is 2.91. The van der Waals surface area contributed by atoms with Gasteiger partial charge in [-0.1, -0.05) is 11.6 Å². The summed E-state index contributed by atoms with van der Waals surface area (Å²) in [5.41, 5.74) is 0.364. The molecule has 2 aromatic heterocycles. The summed E-state index contributed by atoms with van der Waals surface area (Å²) < 4.78 is 2.78. The van der Waals surface area contributed by atoms with E-state index < -0.39 is 0 Å². The highest BCUT2D eigenvalue weighted by Crippen LogP contribution is 2.15. The monoisotopic (exact) mass is 224 g/mol. The van der Waals surface area contributed by atoms with Gasteiger partial charge in [0.25, 0.3) is 5.91 Å². The largest absolute Gasteiger partial charge is 0.297 e. The summed E-state index contributed by atoms with van der Waals surface area (Å²) in [5, 5.41) is 8.19. The third-order valence-corrected chi connectivity index (χ3v) is 2.29. The van der Waals surface area contributed by atoms with E-state index in [9.17, 15) is 4.79 Å². The van der Waals surface area contributed by atoms with Crippen molar-refractivity contribution >= 4 is 17.5 Å². The minimum absolute atomic E-state index is 0.274. The van der Waals surface area contributed by atoms with Gasteiger partial charge in [-0.2, -0.15) is 10.2 Å². The molecule has 2 aromatic rings. The van der Waals surface area contributed by atoms with Crippen molar-refractivity contribution in [2.24, 2.45) is 0 Å². The Kier molecular flexibility index (Phi) is 2.55. The summed E-state index contributed by atoms with van der Waals surface area (Å²) in [6.45, 7) is 2.48. The third kappa shape index (κ3) is 1.66. The minimum Gasteiger partial charge on any atom is -0.265 e. The topological polar surface area (TPSA) is 52.7 Å². The van der Waals surface area contributed by atoms with Gasteiger partial charge in [0.15, 0.2) is 0 Å². The molecular formula is C9H9ClN4O. The Morgan fingerprint density at radius 1 is 1.53 bits per heavy atom. The van der Waals surface area contributed by atoms with Gasteiger partial charge in [0.2, 0.25) is 0 Å². The van der Waals surface area contributed by atoms with Crippen molar-refractivity contribution in [3.8, 4) is 0 Å². The van der Waals surface area contributed by atoms with Gasteiger partial charge >= 0.3 is 0 Å². The molecule has 0 aliphatic rings. The number of carbonyl (C=O) groups is 1. The first kappa shape index (κ1) is 9.92. The average molecular weight is 225 g/mol. The first-order chi connectivity index (χ1) is 7.24. The Morgan fingerprint density at radius 2 is 2.33 bits per heavy atom. The molecule has 0 fully saturated rings. The third-order valence-electron chi connectivity index (χ3n) is 2.01. The normalized spacial score (nSPS) is 10.5. The van der Waals surface area contributed by atoms with Crippen LogP contribution in [-0.4, -0.2) is 25.5 Å². The van der Waals surface area contributed by atoms with E-state index >= 15 is 0 Å². The van der Waals surface area contributed by atoms with Crippen molar-refractivity contribution in [3.63, 3.8) is 0 Å². The van der Waals surface area contributed by atoms with Crippen LogP contribution >= 0.6 is 11.6 Å². The number of carbonyl (C=O) groups excluding carboxylic acids is 1. The number of aryl methyl sites for hydroxylation is 1. The molecule has 78 valence electrons. The summed E-state index contributed by atoms with van der Waals surface area (Å²) >= 11 is 5.89. The number of rotatable bonds is 2. The molecular weight excluding hydrogens is 216 g/mol.